The van der Waals surface area contributed by atoms with Crippen molar-refractivity contribution in [2.75, 3.05) is 16.5 Å². The number of hydrogen-bond acceptors (Lipinski definition) is 4. The van der Waals surface area contributed by atoms with Crippen LogP contribution in [-0.4, -0.2) is 38.8 Å². The Balaban J connectivity index is 1.70. The molecule has 1 saturated carbocycles. The zero-order chi connectivity index (χ0) is 15.1. The average molecular weight is 403 g/mol. The third-order valence-corrected chi connectivity index (χ3v) is 4.75. The standard InChI is InChI=1S/C16H22INO3/c1-17(2)20-9-5-3-4-6-13-7-8-15(12-18-13)21-16-10-14(19)11-16/h7-8,12,14,16,19H,3,5,9-11H2,1-2H3. The van der Waals surface area contributed by atoms with E-state index >= 15 is 0 Å². The van der Waals surface area contributed by atoms with Crippen molar-refractivity contribution < 1.29 is 12.9 Å². The zero-order valence-corrected chi connectivity index (χ0v) is 14.7. The summed E-state index contributed by atoms with van der Waals surface area (Å²) in [5.41, 5.74) is 0.761. The monoisotopic (exact) mass is 403 g/mol. The van der Waals surface area contributed by atoms with Gasteiger partial charge in [0.2, 0.25) is 0 Å². The Morgan fingerprint density at radius 2 is 2.19 bits per heavy atom. The summed E-state index contributed by atoms with van der Waals surface area (Å²) in [5.74, 6) is 6.91. The molecule has 0 amide bonds. The number of nitrogens with zero attached hydrogens (tertiary/aromatic N) is 1. The van der Waals surface area contributed by atoms with Gasteiger partial charge in [-0.2, -0.15) is 0 Å². The van der Waals surface area contributed by atoms with E-state index in [1.54, 1.807) is 6.20 Å². The normalized spacial score (nSPS) is 21.0. The molecule has 1 N–H and O–H groups in total. The molecule has 0 aliphatic heterocycles. The van der Waals surface area contributed by atoms with Gasteiger partial charge in [0.1, 0.15) is 0 Å². The van der Waals surface area contributed by atoms with Gasteiger partial charge in [0.25, 0.3) is 0 Å². The van der Waals surface area contributed by atoms with Crippen LogP contribution in [0.25, 0.3) is 0 Å². The van der Waals surface area contributed by atoms with Crippen molar-refractivity contribution in [1.29, 1.82) is 0 Å². The summed E-state index contributed by atoms with van der Waals surface area (Å²) in [4.78, 5) is 8.65. The molecule has 2 rings (SSSR count). The number of pyridine rings is 1. The first-order valence-corrected chi connectivity index (χ1v) is 12.3. The second kappa shape index (κ2) is 8.57. The van der Waals surface area contributed by atoms with Crippen LogP contribution in [0.4, 0.5) is 0 Å². The van der Waals surface area contributed by atoms with E-state index in [9.17, 15) is 5.11 Å². The van der Waals surface area contributed by atoms with E-state index in [4.69, 9.17) is 7.80 Å². The van der Waals surface area contributed by atoms with Gasteiger partial charge in [0, 0.05) is 12.8 Å². The Bertz CT molecular complexity index is 486. The number of unbranched alkanes of at least 4 members (excludes halogenated alkanes) is 1. The molecular formula is C16H22INO3. The first kappa shape index (κ1) is 16.5. The van der Waals surface area contributed by atoms with Crippen molar-refractivity contribution in [3.05, 3.63) is 24.0 Å². The van der Waals surface area contributed by atoms with E-state index in [0.29, 0.717) is 12.8 Å². The maximum absolute atomic E-state index is 9.21. The van der Waals surface area contributed by atoms with Gasteiger partial charge in [-0.05, 0) is 0 Å². The molecule has 0 spiro atoms. The average Bonchev–Trinajstić information content (AvgIpc) is 2.42. The van der Waals surface area contributed by atoms with Gasteiger partial charge in [-0.15, -0.1) is 0 Å². The van der Waals surface area contributed by atoms with Crippen molar-refractivity contribution in [3.63, 3.8) is 0 Å². The van der Waals surface area contributed by atoms with Gasteiger partial charge >= 0.3 is 110 Å². The number of hydrogen-bond donors (Lipinski definition) is 1. The molecule has 0 atom stereocenters. The van der Waals surface area contributed by atoms with Crippen molar-refractivity contribution in [3.8, 4) is 17.6 Å². The number of aromatic nitrogens is 1. The number of halogens is 1. The minimum atomic E-state index is -1.04. The fraction of sp³-hybridized carbons (Fsp3) is 0.562. The summed E-state index contributed by atoms with van der Waals surface area (Å²) >= 11 is -1.04. The van der Waals surface area contributed by atoms with Gasteiger partial charge in [-0.3, -0.25) is 0 Å². The molecule has 1 fully saturated rings. The number of aliphatic hydroxyl groups excluding tert-OH is 1. The van der Waals surface area contributed by atoms with Crippen LogP contribution >= 0.6 is 20.2 Å². The van der Waals surface area contributed by atoms with Gasteiger partial charge in [-0.1, -0.05) is 0 Å². The van der Waals surface area contributed by atoms with Crippen LogP contribution in [0.3, 0.4) is 0 Å². The van der Waals surface area contributed by atoms with Gasteiger partial charge < -0.3 is 5.11 Å². The minimum absolute atomic E-state index is 0.128. The summed E-state index contributed by atoms with van der Waals surface area (Å²) in [6, 6.07) is 3.76. The molecule has 21 heavy (non-hydrogen) atoms. The zero-order valence-electron chi connectivity index (χ0n) is 12.5. The molecule has 1 aliphatic rings. The Kier molecular flexibility index (Phi) is 6.74. The Hall–Kier alpha value is -0.840. The van der Waals surface area contributed by atoms with Crippen LogP contribution in [0.2, 0.25) is 0 Å². The molecule has 1 aromatic rings. The third-order valence-electron chi connectivity index (χ3n) is 3.07. The Morgan fingerprint density at radius 3 is 2.81 bits per heavy atom. The number of ether oxygens (including phenoxy) is 1. The van der Waals surface area contributed by atoms with Crippen LogP contribution in [0.5, 0.6) is 5.75 Å². The summed E-state index contributed by atoms with van der Waals surface area (Å²) in [7, 11) is 0. The van der Waals surface area contributed by atoms with E-state index in [1.807, 2.05) is 12.1 Å². The molecule has 1 aromatic heterocycles. The molecule has 0 saturated heterocycles. The van der Waals surface area contributed by atoms with Crippen LogP contribution in [0, 0.1) is 11.8 Å². The number of alkyl halides is 2. The van der Waals surface area contributed by atoms with E-state index in [-0.39, 0.29) is 12.2 Å². The van der Waals surface area contributed by atoms with Gasteiger partial charge in [0.05, 0.1) is 6.10 Å². The second-order valence-corrected chi connectivity index (χ2v) is 9.69. The fourth-order valence-corrected chi connectivity index (χ4v) is 3.07. The molecule has 0 radical (unpaired) electrons. The van der Waals surface area contributed by atoms with E-state index in [1.165, 1.54) is 0 Å². The summed E-state index contributed by atoms with van der Waals surface area (Å²) < 4.78 is 11.3. The first-order valence-electron chi connectivity index (χ1n) is 7.06. The summed E-state index contributed by atoms with van der Waals surface area (Å²) in [5, 5.41) is 9.21. The summed E-state index contributed by atoms with van der Waals surface area (Å²) in [6.07, 6.45) is 4.87. The molecule has 5 heteroatoms. The maximum atomic E-state index is 9.21. The van der Waals surface area contributed by atoms with E-state index in [0.717, 1.165) is 30.9 Å². The van der Waals surface area contributed by atoms with Gasteiger partial charge in [-0.25, -0.2) is 0 Å². The second-order valence-electron chi connectivity index (χ2n) is 5.15. The molecular weight excluding hydrogens is 381 g/mol. The first-order chi connectivity index (χ1) is 10.1. The molecule has 0 aromatic carbocycles. The van der Waals surface area contributed by atoms with Crippen LogP contribution in [0.15, 0.2) is 18.3 Å². The number of rotatable bonds is 6. The topological polar surface area (TPSA) is 51.6 Å². The van der Waals surface area contributed by atoms with Crippen LogP contribution in [-0.2, 0) is 3.07 Å². The molecule has 0 unspecified atom stereocenters. The van der Waals surface area contributed by atoms with Gasteiger partial charge in [0.15, 0.2) is 0 Å². The van der Waals surface area contributed by atoms with Crippen molar-refractivity contribution in [1.82, 2.24) is 4.98 Å². The molecule has 4 nitrogen and oxygen atoms in total. The predicted octanol–water partition coefficient (Wildman–Crippen LogP) is 2.81. The molecule has 1 heterocycles. The number of aliphatic hydroxyl groups is 1. The Morgan fingerprint density at radius 1 is 1.38 bits per heavy atom. The SMILES string of the molecule is CI(C)OCCCC#Cc1ccc(OC2CC(O)C2)cn1. The van der Waals surface area contributed by atoms with Crippen molar-refractivity contribution in [2.45, 2.75) is 37.9 Å². The van der Waals surface area contributed by atoms with Crippen molar-refractivity contribution >= 4 is 20.2 Å². The predicted molar refractivity (Wildman–Crippen MR) is 91.8 cm³/mol. The third kappa shape index (κ3) is 6.20. The van der Waals surface area contributed by atoms with Crippen LogP contribution in [0.1, 0.15) is 31.4 Å². The molecule has 1 aliphatic carbocycles. The Labute approximate surface area is 134 Å². The van der Waals surface area contributed by atoms with E-state index < -0.39 is 20.2 Å². The fourth-order valence-electron chi connectivity index (χ4n) is 1.87. The van der Waals surface area contributed by atoms with E-state index in [2.05, 4.69) is 26.7 Å². The van der Waals surface area contributed by atoms with Crippen LogP contribution < -0.4 is 4.74 Å². The molecule has 116 valence electrons. The summed E-state index contributed by atoms with van der Waals surface area (Å²) in [6.45, 7) is 0.819. The molecule has 0 bridgehead atoms. The quantitative estimate of drug-likeness (QED) is 0.344. The van der Waals surface area contributed by atoms with Crippen molar-refractivity contribution in [2.24, 2.45) is 0 Å².